The molecule has 2 fully saturated rings. The second-order valence-electron chi connectivity index (χ2n) is 7.06. The summed E-state index contributed by atoms with van der Waals surface area (Å²) in [6, 6.07) is 5.48. The molecule has 144 valence electrons. The topological polar surface area (TPSA) is 88.6 Å². The standard InChI is InChI=1S/C19H25N5O3/c1-12-13(2)21-16-9-14(3-4-15(16)20-12)22-19(25)23-17-10-27-11-18(17)24-5-7-26-8-6-24/h3-4,9,17-18H,5-8,10-11H2,1-2H3,(H2,22,23,25)/t17-,18-/m0/s1. The average molecular weight is 371 g/mol. The third-order valence-electron chi connectivity index (χ3n) is 5.21. The molecule has 0 radical (unpaired) electrons. The molecule has 0 saturated carbocycles. The summed E-state index contributed by atoms with van der Waals surface area (Å²) >= 11 is 0. The molecule has 27 heavy (non-hydrogen) atoms. The van der Waals surface area contributed by atoms with E-state index < -0.39 is 0 Å². The maximum absolute atomic E-state index is 12.5. The number of aryl methyl sites for hydroxylation is 2. The summed E-state index contributed by atoms with van der Waals surface area (Å²) in [4.78, 5) is 23.9. The van der Waals surface area contributed by atoms with Gasteiger partial charge in [0.25, 0.3) is 0 Å². The molecule has 0 aliphatic carbocycles. The first kappa shape index (κ1) is 18.1. The van der Waals surface area contributed by atoms with Gasteiger partial charge in [0.2, 0.25) is 0 Å². The van der Waals surface area contributed by atoms with Crippen LogP contribution in [0.1, 0.15) is 11.4 Å². The first-order valence-corrected chi connectivity index (χ1v) is 9.32. The van der Waals surface area contributed by atoms with Crippen molar-refractivity contribution >= 4 is 22.8 Å². The van der Waals surface area contributed by atoms with E-state index in [1.165, 1.54) is 0 Å². The summed E-state index contributed by atoms with van der Waals surface area (Å²) in [5.41, 5.74) is 4.09. The Labute approximate surface area is 158 Å². The number of amides is 2. The third kappa shape index (κ3) is 4.02. The maximum Gasteiger partial charge on any atom is 0.319 e. The summed E-state index contributed by atoms with van der Waals surface area (Å²) in [6.07, 6.45) is 0. The molecule has 1 aromatic heterocycles. The van der Waals surface area contributed by atoms with E-state index in [4.69, 9.17) is 9.47 Å². The first-order chi connectivity index (χ1) is 13.1. The number of fused-ring (bicyclic) bond motifs is 1. The number of hydrogen-bond acceptors (Lipinski definition) is 6. The zero-order valence-corrected chi connectivity index (χ0v) is 15.7. The largest absolute Gasteiger partial charge is 0.379 e. The van der Waals surface area contributed by atoms with Gasteiger partial charge in [-0.1, -0.05) is 0 Å². The molecular weight excluding hydrogens is 346 g/mol. The summed E-state index contributed by atoms with van der Waals surface area (Å²) in [6.45, 7) is 8.23. The molecule has 2 aliphatic rings. The second kappa shape index (κ2) is 7.75. The van der Waals surface area contributed by atoms with Crippen LogP contribution in [0, 0.1) is 13.8 Å². The zero-order valence-electron chi connectivity index (χ0n) is 15.7. The number of aromatic nitrogens is 2. The van der Waals surface area contributed by atoms with Crippen molar-refractivity contribution in [2.75, 3.05) is 44.8 Å². The van der Waals surface area contributed by atoms with E-state index in [9.17, 15) is 4.79 Å². The monoisotopic (exact) mass is 371 g/mol. The lowest BCUT2D eigenvalue weighted by Gasteiger charge is -2.34. The molecule has 3 heterocycles. The Kier molecular flexibility index (Phi) is 5.20. The Balaban J connectivity index is 1.41. The number of benzene rings is 1. The molecule has 2 aliphatic heterocycles. The highest BCUT2D eigenvalue weighted by Crippen LogP contribution is 2.18. The minimum absolute atomic E-state index is 0.0340. The Morgan fingerprint density at radius 3 is 2.59 bits per heavy atom. The molecule has 2 saturated heterocycles. The number of carbonyl (C=O) groups is 1. The molecule has 8 heteroatoms. The van der Waals surface area contributed by atoms with Crippen molar-refractivity contribution in [1.29, 1.82) is 0 Å². The molecule has 2 aromatic rings. The third-order valence-corrected chi connectivity index (χ3v) is 5.21. The maximum atomic E-state index is 12.5. The van der Waals surface area contributed by atoms with Crippen molar-refractivity contribution in [1.82, 2.24) is 20.2 Å². The van der Waals surface area contributed by atoms with Crippen molar-refractivity contribution in [3.05, 3.63) is 29.6 Å². The molecule has 0 unspecified atom stereocenters. The number of nitrogens with zero attached hydrogens (tertiary/aromatic N) is 3. The van der Waals surface area contributed by atoms with Crippen LogP contribution in [0.3, 0.4) is 0 Å². The predicted molar refractivity (Wildman–Crippen MR) is 102 cm³/mol. The fourth-order valence-electron chi connectivity index (χ4n) is 3.59. The second-order valence-corrected chi connectivity index (χ2v) is 7.06. The molecule has 0 bridgehead atoms. The van der Waals surface area contributed by atoms with Crippen molar-refractivity contribution < 1.29 is 14.3 Å². The van der Waals surface area contributed by atoms with Gasteiger partial charge in [-0.3, -0.25) is 4.90 Å². The van der Waals surface area contributed by atoms with Gasteiger partial charge in [-0.05, 0) is 32.0 Å². The summed E-state index contributed by atoms with van der Waals surface area (Å²) in [5, 5.41) is 5.95. The number of hydrogen-bond donors (Lipinski definition) is 2. The van der Waals surface area contributed by atoms with Gasteiger partial charge < -0.3 is 20.1 Å². The minimum Gasteiger partial charge on any atom is -0.379 e. The number of anilines is 1. The normalized spacial score (nSPS) is 23.5. The van der Waals surface area contributed by atoms with Crippen LogP contribution in [-0.2, 0) is 9.47 Å². The van der Waals surface area contributed by atoms with Gasteiger partial charge in [-0.2, -0.15) is 0 Å². The Morgan fingerprint density at radius 2 is 1.81 bits per heavy atom. The van der Waals surface area contributed by atoms with Crippen LogP contribution in [0.4, 0.5) is 10.5 Å². The fraction of sp³-hybridized carbons (Fsp3) is 0.526. The van der Waals surface area contributed by atoms with Gasteiger partial charge in [0.1, 0.15) is 0 Å². The number of morpholine rings is 1. The smallest absolute Gasteiger partial charge is 0.319 e. The van der Waals surface area contributed by atoms with Crippen LogP contribution in [0.2, 0.25) is 0 Å². The molecule has 2 amide bonds. The summed E-state index contributed by atoms with van der Waals surface area (Å²) < 4.78 is 11.0. The number of urea groups is 1. The average Bonchev–Trinajstić information content (AvgIpc) is 3.11. The lowest BCUT2D eigenvalue weighted by molar-refractivity contribution is 0.0113. The van der Waals surface area contributed by atoms with Crippen LogP contribution in [0.15, 0.2) is 18.2 Å². The van der Waals surface area contributed by atoms with E-state index in [0.29, 0.717) is 18.9 Å². The van der Waals surface area contributed by atoms with Crippen LogP contribution in [0.25, 0.3) is 11.0 Å². The fourth-order valence-corrected chi connectivity index (χ4v) is 3.59. The van der Waals surface area contributed by atoms with E-state index in [1.807, 2.05) is 32.0 Å². The predicted octanol–water partition coefficient (Wildman–Crippen LogP) is 1.47. The van der Waals surface area contributed by atoms with E-state index in [-0.39, 0.29) is 18.1 Å². The molecular formula is C19H25N5O3. The molecule has 4 rings (SSSR count). The molecule has 0 spiro atoms. The van der Waals surface area contributed by atoms with Crippen LogP contribution < -0.4 is 10.6 Å². The highest BCUT2D eigenvalue weighted by Gasteiger charge is 2.34. The quantitative estimate of drug-likeness (QED) is 0.849. The van der Waals surface area contributed by atoms with Gasteiger partial charge in [0.15, 0.2) is 0 Å². The van der Waals surface area contributed by atoms with E-state index in [2.05, 4.69) is 25.5 Å². The van der Waals surface area contributed by atoms with Crippen molar-refractivity contribution in [2.45, 2.75) is 25.9 Å². The molecule has 2 N–H and O–H groups in total. The molecule has 1 aromatic carbocycles. The van der Waals surface area contributed by atoms with Crippen LogP contribution in [0.5, 0.6) is 0 Å². The minimum atomic E-state index is -0.236. The zero-order chi connectivity index (χ0) is 18.8. The highest BCUT2D eigenvalue weighted by atomic mass is 16.5. The van der Waals surface area contributed by atoms with Gasteiger partial charge in [-0.25, -0.2) is 14.8 Å². The first-order valence-electron chi connectivity index (χ1n) is 9.32. The Morgan fingerprint density at radius 1 is 1.07 bits per heavy atom. The lowest BCUT2D eigenvalue weighted by atomic mass is 10.1. The SMILES string of the molecule is Cc1nc2ccc(NC(=O)N[C@H]3COC[C@@H]3N3CCOCC3)cc2nc1C. The van der Waals surface area contributed by atoms with Gasteiger partial charge in [0.05, 0.1) is 60.9 Å². The van der Waals surface area contributed by atoms with Gasteiger partial charge in [-0.15, -0.1) is 0 Å². The number of ether oxygens (including phenoxy) is 2. The highest BCUT2D eigenvalue weighted by molar-refractivity contribution is 5.92. The number of carbonyl (C=O) groups excluding carboxylic acids is 1. The van der Waals surface area contributed by atoms with Gasteiger partial charge in [0, 0.05) is 18.8 Å². The van der Waals surface area contributed by atoms with Crippen LogP contribution >= 0.6 is 0 Å². The van der Waals surface area contributed by atoms with Crippen molar-refractivity contribution in [2.24, 2.45) is 0 Å². The Bertz CT molecular complexity index is 837. The van der Waals surface area contributed by atoms with E-state index in [1.54, 1.807) is 0 Å². The molecule has 8 nitrogen and oxygen atoms in total. The van der Waals surface area contributed by atoms with Crippen LogP contribution in [-0.4, -0.2) is 72.5 Å². The van der Waals surface area contributed by atoms with Crippen molar-refractivity contribution in [3.63, 3.8) is 0 Å². The number of nitrogens with one attached hydrogen (secondary N) is 2. The van der Waals surface area contributed by atoms with E-state index >= 15 is 0 Å². The summed E-state index contributed by atoms with van der Waals surface area (Å²) in [7, 11) is 0. The van der Waals surface area contributed by atoms with Crippen molar-refractivity contribution in [3.8, 4) is 0 Å². The van der Waals surface area contributed by atoms with E-state index in [0.717, 1.165) is 48.7 Å². The molecule has 2 atom stereocenters. The summed E-state index contributed by atoms with van der Waals surface area (Å²) in [5.74, 6) is 0. The lowest BCUT2D eigenvalue weighted by Crippen LogP contribution is -2.54. The van der Waals surface area contributed by atoms with Gasteiger partial charge >= 0.3 is 6.03 Å². The number of rotatable bonds is 3. The Hall–Kier alpha value is -2.29.